The number of pyridine rings is 1. The van der Waals surface area contributed by atoms with Crippen molar-refractivity contribution < 1.29 is 19.4 Å². The molecule has 0 spiro atoms. The van der Waals surface area contributed by atoms with Crippen molar-refractivity contribution in [2.24, 2.45) is 0 Å². The molecule has 0 amide bonds. The highest BCUT2D eigenvalue weighted by Gasteiger charge is 2.24. The number of nitrogens with one attached hydrogen (secondary N) is 2. The second-order valence-electron chi connectivity index (χ2n) is 8.59. The molecule has 2 heterocycles. The molecule has 1 aliphatic heterocycles. The van der Waals surface area contributed by atoms with Crippen molar-refractivity contribution in [3.8, 4) is 5.75 Å². The maximum Gasteiger partial charge on any atom is 0.173 e. The Bertz CT molecular complexity index is 1210. The molecule has 1 aliphatic rings. The lowest BCUT2D eigenvalue weighted by Crippen LogP contribution is -2.26. The van der Waals surface area contributed by atoms with Gasteiger partial charge in [0.2, 0.25) is 0 Å². The number of fused-ring (bicyclic) bond motifs is 2. The Morgan fingerprint density at radius 1 is 1.24 bits per heavy atom. The van der Waals surface area contributed by atoms with Gasteiger partial charge in [0.25, 0.3) is 0 Å². The summed E-state index contributed by atoms with van der Waals surface area (Å²) < 4.78 is 14.5. The molecule has 0 saturated carbocycles. The SMILES string of the molecule is Cc1cc(F)c(Nc2ccnc3c2C(=O)Cc2cc(CN(C)C[C@H](C)O)ccc2N3)cc1O. The average Bonchev–Trinajstić information content (AvgIpc) is 2.87. The lowest BCUT2D eigenvalue weighted by atomic mass is 10.0. The molecule has 8 heteroatoms. The van der Waals surface area contributed by atoms with Crippen LogP contribution in [0.25, 0.3) is 0 Å². The van der Waals surface area contributed by atoms with Crippen LogP contribution in [0.5, 0.6) is 5.75 Å². The number of aromatic nitrogens is 1. The van der Waals surface area contributed by atoms with Gasteiger partial charge in [0.15, 0.2) is 5.78 Å². The lowest BCUT2D eigenvalue weighted by molar-refractivity contribution is 0.0995. The Morgan fingerprint density at radius 3 is 2.79 bits per heavy atom. The molecule has 0 bridgehead atoms. The van der Waals surface area contributed by atoms with Crippen LogP contribution in [-0.2, 0) is 13.0 Å². The van der Waals surface area contributed by atoms with Crippen molar-refractivity contribution in [1.82, 2.24) is 9.88 Å². The first-order chi connectivity index (χ1) is 15.7. The molecule has 2 aromatic carbocycles. The molecule has 0 saturated heterocycles. The van der Waals surface area contributed by atoms with Crippen molar-refractivity contribution in [3.63, 3.8) is 0 Å². The zero-order valence-electron chi connectivity index (χ0n) is 18.8. The van der Waals surface area contributed by atoms with Crippen LogP contribution in [0.2, 0.25) is 0 Å². The fourth-order valence-corrected chi connectivity index (χ4v) is 4.07. The van der Waals surface area contributed by atoms with Gasteiger partial charge in [0.1, 0.15) is 17.4 Å². The van der Waals surface area contributed by atoms with Crippen LogP contribution in [0, 0.1) is 12.7 Å². The summed E-state index contributed by atoms with van der Waals surface area (Å²) in [5.41, 5.74) is 3.89. The van der Waals surface area contributed by atoms with Crippen LogP contribution in [-0.4, -0.2) is 45.6 Å². The number of rotatable bonds is 6. The molecule has 172 valence electrons. The predicted molar refractivity (Wildman–Crippen MR) is 126 cm³/mol. The number of aliphatic hydroxyl groups is 1. The highest BCUT2D eigenvalue weighted by Crippen LogP contribution is 2.35. The zero-order valence-corrected chi connectivity index (χ0v) is 18.8. The van der Waals surface area contributed by atoms with Crippen LogP contribution in [0.3, 0.4) is 0 Å². The molecule has 4 rings (SSSR count). The second kappa shape index (κ2) is 9.17. The normalized spacial score (nSPS) is 13.7. The third kappa shape index (κ3) is 4.97. The number of anilines is 4. The number of ketones is 1. The first-order valence-electron chi connectivity index (χ1n) is 10.7. The number of halogens is 1. The maximum absolute atomic E-state index is 14.5. The number of aryl methyl sites for hydroxylation is 1. The second-order valence-corrected chi connectivity index (χ2v) is 8.59. The monoisotopic (exact) mass is 450 g/mol. The smallest absolute Gasteiger partial charge is 0.173 e. The van der Waals surface area contributed by atoms with E-state index in [1.165, 1.54) is 18.3 Å². The molecule has 3 aromatic rings. The molecule has 1 aromatic heterocycles. The fourth-order valence-electron chi connectivity index (χ4n) is 4.07. The Balaban J connectivity index is 1.63. The van der Waals surface area contributed by atoms with Crippen LogP contribution in [0.1, 0.15) is 34.0 Å². The maximum atomic E-state index is 14.5. The molecule has 0 aliphatic carbocycles. The van der Waals surface area contributed by atoms with E-state index in [-0.39, 0.29) is 23.6 Å². The molecular formula is C25H27FN4O3. The summed E-state index contributed by atoms with van der Waals surface area (Å²) in [6, 6.07) is 10.0. The minimum absolute atomic E-state index is 0.0380. The summed E-state index contributed by atoms with van der Waals surface area (Å²) in [7, 11) is 1.93. The minimum atomic E-state index is -0.529. The third-order valence-corrected chi connectivity index (χ3v) is 5.59. The number of nitrogens with zero attached hydrogens (tertiary/aromatic N) is 2. The first kappa shape index (κ1) is 22.7. The van der Waals surface area contributed by atoms with E-state index in [0.29, 0.717) is 35.7 Å². The lowest BCUT2D eigenvalue weighted by Gasteiger charge is -2.19. The van der Waals surface area contributed by atoms with Gasteiger partial charge in [-0.3, -0.25) is 9.69 Å². The number of aromatic hydroxyl groups is 1. The van der Waals surface area contributed by atoms with Crippen molar-refractivity contribution >= 4 is 28.7 Å². The summed E-state index contributed by atoms with van der Waals surface area (Å²) in [4.78, 5) is 19.6. The summed E-state index contributed by atoms with van der Waals surface area (Å²) in [5, 5.41) is 25.8. The van der Waals surface area contributed by atoms with E-state index in [4.69, 9.17) is 0 Å². The van der Waals surface area contributed by atoms with E-state index in [9.17, 15) is 19.4 Å². The largest absolute Gasteiger partial charge is 0.508 e. The highest BCUT2D eigenvalue weighted by atomic mass is 19.1. The van der Waals surface area contributed by atoms with Crippen molar-refractivity contribution in [2.75, 3.05) is 24.2 Å². The molecule has 4 N–H and O–H groups in total. The number of benzene rings is 2. The number of hydrogen-bond acceptors (Lipinski definition) is 7. The van der Waals surface area contributed by atoms with Crippen LogP contribution < -0.4 is 10.6 Å². The van der Waals surface area contributed by atoms with E-state index in [0.717, 1.165) is 16.8 Å². The molecule has 0 unspecified atom stereocenters. The van der Waals surface area contributed by atoms with Gasteiger partial charge in [0, 0.05) is 37.5 Å². The molecule has 0 radical (unpaired) electrons. The molecular weight excluding hydrogens is 423 g/mol. The fraction of sp³-hybridized carbons (Fsp3) is 0.280. The molecule has 33 heavy (non-hydrogen) atoms. The number of Topliss-reactive ketones (excluding diaryl/α,β-unsaturated/α-hetero) is 1. The topological polar surface area (TPSA) is 97.7 Å². The number of phenolic OH excluding ortho intramolecular Hbond substituents is 1. The van der Waals surface area contributed by atoms with Gasteiger partial charge in [-0.25, -0.2) is 9.37 Å². The van der Waals surface area contributed by atoms with Gasteiger partial charge >= 0.3 is 0 Å². The summed E-state index contributed by atoms with van der Waals surface area (Å²) >= 11 is 0. The van der Waals surface area contributed by atoms with Gasteiger partial charge < -0.3 is 20.8 Å². The first-order valence-corrected chi connectivity index (χ1v) is 10.7. The number of aliphatic hydroxyl groups excluding tert-OH is 1. The van der Waals surface area contributed by atoms with E-state index in [2.05, 4.69) is 15.6 Å². The number of phenols is 1. The Hall–Kier alpha value is -3.49. The Kier molecular flexibility index (Phi) is 6.31. The van der Waals surface area contributed by atoms with Gasteiger partial charge in [-0.05, 0) is 55.8 Å². The summed E-state index contributed by atoms with van der Waals surface area (Å²) in [6.45, 7) is 4.54. The zero-order chi connectivity index (χ0) is 23.7. The van der Waals surface area contributed by atoms with Gasteiger partial charge in [-0.2, -0.15) is 0 Å². The minimum Gasteiger partial charge on any atom is -0.508 e. The van der Waals surface area contributed by atoms with Gasteiger partial charge in [-0.1, -0.05) is 12.1 Å². The number of hydrogen-bond donors (Lipinski definition) is 4. The molecule has 1 atom stereocenters. The van der Waals surface area contributed by atoms with Crippen molar-refractivity contribution in [3.05, 3.63) is 70.7 Å². The predicted octanol–water partition coefficient (Wildman–Crippen LogP) is 4.27. The third-order valence-electron chi connectivity index (χ3n) is 5.59. The van der Waals surface area contributed by atoms with Crippen LogP contribution in [0.15, 0.2) is 42.6 Å². The van der Waals surface area contributed by atoms with E-state index < -0.39 is 11.9 Å². The molecule has 7 nitrogen and oxygen atoms in total. The highest BCUT2D eigenvalue weighted by molar-refractivity contribution is 6.09. The summed E-state index contributed by atoms with van der Waals surface area (Å²) in [6.07, 6.45) is 1.27. The van der Waals surface area contributed by atoms with Crippen LogP contribution in [0.4, 0.5) is 27.3 Å². The quantitative estimate of drug-likeness (QED) is 0.445. The van der Waals surface area contributed by atoms with Gasteiger partial charge in [0.05, 0.1) is 23.0 Å². The standard InChI is InChI=1S/C25H27FN4O3/c1-14-8-18(26)21(11-22(14)32)28-20-6-7-27-25-24(20)23(33)10-17-9-16(4-5-19(17)29-25)13-30(3)12-15(2)31/h4-9,11,15,31-32H,10,12-13H2,1-3H3,(H2,27,28,29)/t15-/m0/s1. The van der Waals surface area contributed by atoms with E-state index in [1.807, 2.05) is 30.1 Å². The molecule has 0 fully saturated rings. The number of carbonyl (C=O) groups is 1. The van der Waals surface area contributed by atoms with Gasteiger partial charge in [-0.15, -0.1) is 0 Å². The van der Waals surface area contributed by atoms with E-state index >= 15 is 0 Å². The number of likely N-dealkylation sites (N-methyl/N-ethyl adjacent to an activating group) is 1. The van der Waals surface area contributed by atoms with Crippen LogP contribution >= 0.6 is 0 Å². The summed E-state index contributed by atoms with van der Waals surface area (Å²) in [5.74, 6) is -0.333. The average molecular weight is 451 g/mol. The van der Waals surface area contributed by atoms with Crippen molar-refractivity contribution in [1.29, 1.82) is 0 Å². The Labute approximate surface area is 191 Å². The number of carbonyl (C=O) groups excluding carboxylic acids is 1. The van der Waals surface area contributed by atoms with E-state index in [1.54, 1.807) is 19.9 Å². The van der Waals surface area contributed by atoms with Crippen molar-refractivity contribution in [2.45, 2.75) is 32.9 Å². The Morgan fingerprint density at radius 2 is 2.03 bits per heavy atom.